The van der Waals surface area contributed by atoms with Gasteiger partial charge in [0.15, 0.2) is 0 Å². The van der Waals surface area contributed by atoms with Gasteiger partial charge in [0.1, 0.15) is 17.6 Å². The molecule has 5 rings (SSSR count). The Morgan fingerprint density at radius 3 is 2.68 bits per heavy atom. The molecule has 1 fully saturated rings. The number of benzene rings is 2. The number of rotatable bonds is 6. The first kappa shape index (κ1) is 25.4. The highest BCUT2D eigenvalue weighted by molar-refractivity contribution is 5.78. The third-order valence-corrected chi connectivity index (χ3v) is 7.48. The summed E-state index contributed by atoms with van der Waals surface area (Å²) in [6.45, 7) is 1.55. The van der Waals surface area contributed by atoms with Crippen LogP contribution in [0.2, 0.25) is 0 Å². The Kier molecular flexibility index (Phi) is 6.78. The summed E-state index contributed by atoms with van der Waals surface area (Å²) < 4.78 is 58.6. The monoisotopic (exact) mass is 518 g/mol. The van der Waals surface area contributed by atoms with Crippen molar-refractivity contribution >= 4 is 11.9 Å². The number of hydrogen-bond donors (Lipinski definition) is 0. The summed E-state index contributed by atoms with van der Waals surface area (Å²) in [7, 11) is 3.05. The highest BCUT2D eigenvalue weighted by Gasteiger charge is 2.38. The second-order valence-electron chi connectivity index (χ2n) is 9.82. The molecule has 0 spiro atoms. The van der Waals surface area contributed by atoms with E-state index >= 15 is 0 Å². The van der Waals surface area contributed by atoms with Crippen molar-refractivity contribution in [1.29, 1.82) is 0 Å². The highest BCUT2D eigenvalue weighted by Crippen LogP contribution is 2.44. The number of piperazine rings is 1. The first-order valence-electron chi connectivity index (χ1n) is 12.3. The van der Waals surface area contributed by atoms with Crippen LogP contribution in [0.25, 0.3) is 0 Å². The molecule has 0 aromatic heterocycles. The van der Waals surface area contributed by atoms with Crippen molar-refractivity contribution in [3.8, 4) is 11.5 Å². The Labute approximate surface area is 213 Å². The molecule has 0 N–H and O–H groups in total. The zero-order valence-corrected chi connectivity index (χ0v) is 20.8. The first-order valence-corrected chi connectivity index (χ1v) is 12.3. The molecule has 3 aliphatic rings. The number of likely N-dealkylation sites (N-methyl/N-ethyl adjacent to an activating group) is 1. The van der Waals surface area contributed by atoms with Crippen molar-refractivity contribution in [1.82, 2.24) is 9.80 Å². The van der Waals surface area contributed by atoms with Crippen LogP contribution in [0.1, 0.15) is 52.7 Å². The van der Waals surface area contributed by atoms with E-state index in [2.05, 4.69) is 0 Å². The summed E-state index contributed by atoms with van der Waals surface area (Å²) >= 11 is 0. The third kappa shape index (κ3) is 5.12. The average Bonchev–Trinajstić information content (AvgIpc) is 3.45. The minimum absolute atomic E-state index is 0.0680. The number of fused-ring (bicyclic) bond motifs is 2. The van der Waals surface area contributed by atoms with Gasteiger partial charge >= 0.3 is 12.1 Å². The van der Waals surface area contributed by atoms with Crippen LogP contribution in [0.3, 0.4) is 0 Å². The van der Waals surface area contributed by atoms with Crippen LogP contribution >= 0.6 is 0 Å². The van der Waals surface area contributed by atoms with Gasteiger partial charge in [-0.1, -0.05) is 12.1 Å². The van der Waals surface area contributed by atoms with Crippen molar-refractivity contribution in [3.05, 3.63) is 58.1 Å². The third-order valence-electron chi connectivity index (χ3n) is 7.48. The largest absolute Gasteiger partial charge is 0.492 e. The van der Waals surface area contributed by atoms with E-state index in [1.165, 1.54) is 13.2 Å². The molecule has 10 heteroatoms. The van der Waals surface area contributed by atoms with E-state index in [-0.39, 0.29) is 42.9 Å². The van der Waals surface area contributed by atoms with Gasteiger partial charge in [0.05, 0.1) is 32.2 Å². The average molecular weight is 519 g/mol. The van der Waals surface area contributed by atoms with E-state index in [9.17, 15) is 22.8 Å². The summed E-state index contributed by atoms with van der Waals surface area (Å²) in [5.74, 6) is 0.702. The molecule has 1 amide bonds. The second kappa shape index (κ2) is 9.89. The summed E-state index contributed by atoms with van der Waals surface area (Å²) in [4.78, 5) is 27.2. The molecule has 2 aromatic carbocycles. The Morgan fingerprint density at radius 2 is 1.95 bits per heavy atom. The Morgan fingerprint density at radius 1 is 1.16 bits per heavy atom. The van der Waals surface area contributed by atoms with E-state index < -0.39 is 17.8 Å². The van der Waals surface area contributed by atoms with E-state index in [0.29, 0.717) is 49.6 Å². The van der Waals surface area contributed by atoms with Gasteiger partial charge in [-0.3, -0.25) is 14.5 Å². The highest BCUT2D eigenvalue weighted by atomic mass is 19.4. The number of amides is 1. The fourth-order valence-electron chi connectivity index (χ4n) is 5.42. The van der Waals surface area contributed by atoms with Crippen LogP contribution in [0.15, 0.2) is 30.3 Å². The quantitative estimate of drug-likeness (QED) is 0.537. The SMILES string of the molecule is COC(=O)C[C@@H]1COc2cc(O[C@@H]3CCc4c3ccc(C(F)(F)F)c4CN3CCN(C)C(=O)C3)ccc21. The van der Waals surface area contributed by atoms with Gasteiger partial charge in [-0.05, 0) is 41.7 Å². The topological polar surface area (TPSA) is 68.3 Å². The number of esters is 1. The first-order chi connectivity index (χ1) is 17.6. The molecule has 0 bridgehead atoms. The summed E-state index contributed by atoms with van der Waals surface area (Å²) in [5.41, 5.74) is 1.89. The van der Waals surface area contributed by atoms with Crippen molar-refractivity contribution in [2.75, 3.05) is 40.4 Å². The van der Waals surface area contributed by atoms with Gasteiger partial charge < -0.3 is 19.1 Å². The summed E-state index contributed by atoms with van der Waals surface area (Å²) in [6, 6.07) is 8.09. The zero-order chi connectivity index (χ0) is 26.3. The van der Waals surface area contributed by atoms with E-state index in [1.54, 1.807) is 29.0 Å². The maximum Gasteiger partial charge on any atom is 0.416 e. The number of hydrogen-bond acceptors (Lipinski definition) is 6. The lowest BCUT2D eigenvalue weighted by Gasteiger charge is -2.33. The fraction of sp³-hybridized carbons (Fsp3) is 0.481. The molecular formula is C27H29F3N2O5. The molecule has 0 saturated carbocycles. The molecule has 1 saturated heterocycles. The molecule has 1 aliphatic carbocycles. The number of nitrogens with zero attached hydrogens (tertiary/aromatic N) is 2. The van der Waals surface area contributed by atoms with Crippen LogP contribution in [0, 0.1) is 0 Å². The van der Waals surface area contributed by atoms with Gasteiger partial charge in [-0.2, -0.15) is 13.2 Å². The lowest BCUT2D eigenvalue weighted by Crippen LogP contribution is -2.48. The fourth-order valence-corrected chi connectivity index (χ4v) is 5.42. The molecule has 2 aliphatic heterocycles. The molecule has 198 valence electrons. The maximum absolute atomic E-state index is 13.9. The molecule has 2 atom stereocenters. The van der Waals surface area contributed by atoms with Gasteiger partial charge in [-0.15, -0.1) is 0 Å². The zero-order valence-electron chi connectivity index (χ0n) is 20.8. The molecule has 2 aromatic rings. The van der Waals surface area contributed by atoms with Crippen LogP contribution in [0.5, 0.6) is 11.5 Å². The standard InChI is InChI=1S/C27H29F3N2O5/c1-31-9-10-32(14-25(31)33)13-21-19-6-8-23(20(19)5-7-22(21)27(28,29)30)37-17-3-4-18-16(11-26(34)35-2)15-36-24(18)12-17/h3-5,7,12,16,23H,6,8-11,13-15H2,1-2H3/t16-,23-/m1/s1. The smallest absolute Gasteiger partial charge is 0.416 e. The van der Waals surface area contributed by atoms with Crippen molar-refractivity contribution in [2.45, 2.75) is 44.0 Å². The number of carbonyl (C=O) groups is 2. The van der Waals surface area contributed by atoms with E-state index in [0.717, 1.165) is 17.2 Å². The normalized spacial score (nSPS) is 21.4. The number of halogens is 3. The molecule has 0 radical (unpaired) electrons. The van der Waals surface area contributed by atoms with Crippen molar-refractivity contribution in [2.24, 2.45) is 0 Å². The molecule has 7 nitrogen and oxygen atoms in total. The van der Waals surface area contributed by atoms with Gasteiger partial charge in [0.25, 0.3) is 0 Å². The van der Waals surface area contributed by atoms with E-state index in [4.69, 9.17) is 14.2 Å². The predicted molar refractivity (Wildman–Crippen MR) is 127 cm³/mol. The molecule has 37 heavy (non-hydrogen) atoms. The number of alkyl halides is 3. The van der Waals surface area contributed by atoms with Crippen LogP contribution < -0.4 is 9.47 Å². The van der Waals surface area contributed by atoms with Crippen LogP contribution in [0.4, 0.5) is 13.2 Å². The van der Waals surface area contributed by atoms with Gasteiger partial charge in [-0.25, -0.2) is 0 Å². The van der Waals surface area contributed by atoms with Crippen LogP contribution in [-0.4, -0.2) is 62.1 Å². The second-order valence-corrected chi connectivity index (χ2v) is 9.82. The van der Waals surface area contributed by atoms with Crippen molar-refractivity contribution < 1.29 is 37.0 Å². The summed E-state index contributed by atoms with van der Waals surface area (Å²) in [6.07, 6.45) is -3.64. The number of ether oxygens (including phenoxy) is 3. The minimum atomic E-state index is -4.49. The lowest BCUT2D eigenvalue weighted by atomic mass is 9.96. The van der Waals surface area contributed by atoms with Crippen LogP contribution in [-0.2, 0) is 33.5 Å². The van der Waals surface area contributed by atoms with Gasteiger partial charge in [0, 0.05) is 44.2 Å². The predicted octanol–water partition coefficient (Wildman–Crippen LogP) is 4.08. The maximum atomic E-state index is 13.9. The molecule has 2 heterocycles. The number of carbonyl (C=O) groups excluding carboxylic acids is 2. The molecule has 0 unspecified atom stereocenters. The van der Waals surface area contributed by atoms with Crippen molar-refractivity contribution in [3.63, 3.8) is 0 Å². The number of methoxy groups -OCH3 is 1. The van der Waals surface area contributed by atoms with E-state index in [1.807, 2.05) is 6.07 Å². The minimum Gasteiger partial charge on any atom is -0.492 e. The summed E-state index contributed by atoms with van der Waals surface area (Å²) in [5, 5.41) is 0. The van der Waals surface area contributed by atoms with Gasteiger partial charge in [0.2, 0.25) is 5.91 Å². The molecular weight excluding hydrogens is 489 g/mol. The lowest BCUT2D eigenvalue weighted by molar-refractivity contribution is -0.141. The Balaban J connectivity index is 1.37. The Bertz CT molecular complexity index is 1220. The Hall–Kier alpha value is -3.27.